The minimum Gasteiger partial charge on any atom is -0.492 e. The van der Waals surface area contributed by atoms with Gasteiger partial charge in [-0.1, -0.05) is 0 Å². The van der Waals surface area contributed by atoms with Crippen LogP contribution in [0.5, 0.6) is 5.75 Å². The first kappa shape index (κ1) is 28.7. The van der Waals surface area contributed by atoms with Gasteiger partial charge in [0.2, 0.25) is 0 Å². The highest BCUT2D eigenvalue weighted by Crippen LogP contribution is 2.34. The second-order valence-corrected chi connectivity index (χ2v) is 11.0. The molecule has 2 N–H and O–H groups in total. The molecule has 2 aromatic heterocycles. The number of hydrogen-bond donors (Lipinski definition) is 2. The van der Waals surface area contributed by atoms with Gasteiger partial charge in [0.25, 0.3) is 6.43 Å². The Kier molecular flexibility index (Phi) is 8.34. The molecule has 6 rings (SSSR count). The summed E-state index contributed by atoms with van der Waals surface area (Å²) in [4.78, 5) is 26.3. The van der Waals surface area contributed by atoms with Crippen LogP contribution in [-0.4, -0.2) is 89.6 Å². The number of carbonyl (C=O) groups excluding carboxylic acids is 1. The molecule has 0 spiro atoms. The molecule has 2 aromatic carbocycles. The van der Waals surface area contributed by atoms with Crippen molar-refractivity contribution in [1.29, 1.82) is 0 Å². The van der Waals surface area contributed by atoms with E-state index < -0.39 is 19.0 Å². The number of fused-ring (bicyclic) bond motifs is 3. The molecule has 2 amide bonds. The highest BCUT2D eigenvalue weighted by Gasteiger charge is 2.35. The highest BCUT2D eigenvalue weighted by atomic mass is 19.3. The molecule has 2 atom stereocenters. The Labute approximate surface area is 247 Å². The van der Waals surface area contributed by atoms with E-state index in [-0.39, 0.29) is 12.2 Å². The molecular weight excluding hydrogens is 558 g/mol. The number of anilines is 3. The number of amides is 2. The SMILES string of the molecule is CN(C)CCOc1ccc(NC(=O)Nc2ccc(-c3nc(N4CC5CCC(C4)O5)c4cnn(CC(F)F)c4n3)cc2)cc1. The van der Waals surface area contributed by atoms with Crippen molar-refractivity contribution < 1.29 is 23.0 Å². The normalized spacial score (nSPS) is 18.0. The number of rotatable bonds is 10. The summed E-state index contributed by atoms with van der Waals surface area (Å²) in [6, 6.07) is 13.8. The molecule has 2 aliphatic heterocycles. The molecule has 2 saturated heterocycles. The second kappa shape index (κ2) is 12.5. The van der Waals surface area contributed by atoms with E-state index in [4.69, 9.17) is 14.5 Å². The van der Waals surface area contributed by atoms with Gasteiger partial charge in [-0.25, -0.2) is 28.2 Å². The molecule has 2 bridgehead atoms. The van der Waals surface area contributed by atoms with E-state index in [2.05, 4.69) is 25.6 Å². The summed E-state index contributed by atoms with van der Waals surface area (Å²) in [5, 5.41) is 10.5. The van der Waals surface area contributed by atoms with E-state index in [1.807, 2.05) is 19.0 Å². The van der Waals surface area contributed by atoms with E-state index in [9.17, 15) is 13.6 Å². The van der Waals surface area contributed by atoms with Crippen molar-refractivity contribution in [3.8, 4) is 17.1 Å². The Bertz CT molecular complexity index is 1550. The van der Waals surface area contributed by atoms with Gasteiger partial charge in [-0.05, 0) is 75.5 Å². The number of carbonyl (C=O) groups is 1. The first-order valence-corrected chi connectivity index (χ1v) is 14.3. The molecule has 4 heterocycles. The number of morpholine rings is 1. The predicted molar refractivity (Wildman–Crippen MR) is 160 cm³/mol. The lowest BCUT2D eigenvalue weighted by molar-refractivity contribution is 0.0303. The molecule has 4 aromatic rings. The molecular formula is C30H34F2N8O3. The summed E-state index contributed by atoms with van der Waals surface area (Å²) in [6.45, 7) is 2.17. The number of benzene rings is 2. The van der Waals surface area contributed by atoms with Crippen LogP contribution in [0.3, 0.4) is 0 Å². The molecule has 11 nitrogen and oxygen atoms in total. The number of hydrogen-bond acceptors (Lipinski definition) is 8. The van der Waals surface area contributed by atoms with Gasteiger partial charge >= 0.3 is 6.03 Å². The van der Waals surface area contributed by atoms with Gasteiger partial charge in [-0.3, -0.25) is 0 Å². The maximum absolute atomic E-state index is 13.3. The van der Waals surface area contributed by atoms with E-state index in [0.29, 0.717) is 59.3 Å². The summed E-state index contributed by atoms with van der Waals surface area (Å²) in [6.07, 6.45) is 1.22. The maximum atomic E-state index is 13.3. The first-order valence-electron chi connectivity index (χ1n) is 14.3. The molecule has 0 saturated carbocycles. The Hall–Kier alpha value is -4.36. The number of urea groups is 1. The third-order valence-electron chi connectivity index (χ3n) is 7.45. The topological polar surface area (TPSA) is 110 Å². The minimum absolute atomic E-state index is 0.124. The molecule has 226 valence electrons. The van der Waals surface area contributed by atoms with E-state index in [0.717, 1.165) is 25.1 Å². The highest BCUT2D eigenvalue weighted by molar-refractivity contribution is 6.00. The summed E-state index contributed by atoms with van der Waals surface area (Å²) in [7, 11) is 3.96. The monoisotopic (exact) mass is 592 g/mol. The molecule has 13 heteroatoms. The number of likely N-dealkylation sites (N-methyl/N-ethyl adjacent to an activating group) is 1. The maximum Gasteiger partial charge on any atom is 0.323 e. The van der Waals surface area contributed by atoms with Crippen LogP contribution in [0.2, 0.25) is 0 Å². The fourth-order valence-electron chi connectivity index (χ4n) is 5.34. The lowest BCUT2D eigenvalue weighted by Gasteiger charge is -2.33. The number of halogens is 2. The van der Waals surface area contributed by atoms with Crippen LogP contribution >= 0.6 is 0 Å². The van der Waals surface area contributed by atoms with Gasteiger partial charge in [0, 0.05) is 36.6 Å². The summed E-state index contributed by atoms with van der Waals surface area (Å²) in [5.41, 5.74) is 2.23. The van der Waals surface area contributed by atoms with Gasteiger partial charge < -0.3 is 29.9 Å². The van der Waals surface area contributed by atoms with Crippen LogP contribution in [0.1, 0.15) is 12.8 Å². The molecule has 43 heavy (non-hydrogen) atoms. The third-order valence-corrected chi connectivity index (χ3v) is 7.45. The van der Waals surface area contributed by atoms with Crippen LogP contribution in [-0.2, 0) is 11.3 Å². The van der Waals surface area contributed by atoms with Crippen LogP contribution < -0.4 is 20.3 Å². The zero-order chi connectivity index (χ0) is 29.9. The van der Waals surface area contributed by atoms with Crippen LogP contribution in [0.4, 0.5) is 30.8 Å². The van der Waals surface area contributed by atoms with E-state index in [1.54, 1.807) is 54.7 Å². The fraction of sp³-hybridized carbons (Fsp3) is 0.400. The lowest BCUT2D eigenvalue weighted by atomic mass is 10.2. The Morgan fingerprint density at radius 1 is 1.02 bits per heavy atom. The van der Waals surface area contributed by atoms with Crippen molar-refractivity contribution in [3.05, 3.63) is 54.7 Å². The second-order valence-electron chi connectivity index (χ2n) is 11.0. The zero-order valence-corrected chi connectivity index (χ0v) is 24.0. The molecule has 2 aliphatic rings. The summed E-state index contributed by atoms with van der Waals surface area (Å²) >= 11 is 0. The van der Waals surface area contributed by atoms with Crippen molar-refractivity contribution in [2.45, 2.75) is 38.0 Å². The van der Waals surface area contributed by atoms with E-state index >= 15 is 0 Å². The quantitative estimate of drug-likeness (QED) is 0.273. The lowest BCUT2D eigenvalue weighted by Crippen LogP contribution is -2.43. The smallest absolute Gasteiger partial charge is 0.323 e. The average molecular weight is 593 g/mol. The van der Waals surface area contributed by atoms with Gasteiger partial charge in [0.1, 0.15) is 24.7 Å². The fourth-order valence-corrected chi connectivity index (χ4v) is 5.34. The van der Waals surface area contributed by atoms with Crippen molar-refractivity contribution >= 4 is 34.3 Å². The Balaban J connectivity index is 1.16. The van der Waals surface area contributed by atoms with Crippen molar-refractivity contribution in [2.75, 3.05) is 55.9 Å². The summed E-state index contributed by atoms with van der Waals surface area (Å²) < 4.78 is 39.5. The number of nitrogens with one attached hydrogen (secondary N) is 2. The Morgan fingerprint density at radius 3 is 2.30 bits per heavy atom. The van der Waals surface area contributed by atoms with Crippen molar-refractivity contribution in [2.24, 2.45) is 0 Å². The standard InChI is InChI=1S/C30H34F2N8O3/c1-38(2)13-14-42-22-9-7-21(8-10-22)35-30(41)34-20-5-3-19(4-6-20)27-36-28(39-16-23-11-12-24(17-39)43-23)25-15-33-40(18-26(31)32)29(25)37-27/h3-10,15,23-24,26H,11-14,16-18H2,1-2H3,(H2,34,35,41). The molecule has 2 unspecified atom stereocenters. The van der Waals surface area contributed by atoms with Gasteiger partial charge in [-0.15, -0.1) is 0 Å². The number of ether oxygens (including phenoxy) is 2. The molecule has 0 aliphatic carbocycles. The van der Waals surface area contributed by atoms with Crippen molar-refractivity contribution in [1.82, 2.24) is 24.6 Å². The first-order chi connectivity index (χ1) is 20.8. The van der Waals surface area contributed by atoms with Crippen LogP contribution in [0.15, 0.2) is 54.7 Å². The van der Waals surface area contributed by atoms with Gasteiger partial charge in [-0.2, -0.15) is 5.10 Å². The molecule has 2 fully saturated rings. The minimum atomic E-state index is -2.57. The number of aromatic nitrogens is 4. The average Bonchev–Trinajstić information content (AvgIpc) is 3.54. The molecule has 0 radical (unpaired) electrons. The zero-order valence-electron chi connectivity index (χ0n) is 24.0. The summed E-state index contributed by atoms with van der Waals surface area (Å²) in [5.74, 6) is 1.78. The third kappa shape index (κ3) is 6.83. The number of nitrogens with zero attached hydrogens (tertiary/aromatic N) is 6. The van der Waals surface area contributed by atoms with Gasteiger partial charge in [0.05, 0.1) is 23.8 Å². The van der Waals surface area contributed by atoms with Gasteiger partial charge in [0.15, 0.2) is 11.5 Å². The van der Waals surface area contributed by atoms with Crippen LogP contribution in [0, 0.1) is 0 Å². The largest absolute Gasteiger partial charge is 0.492 e. The Morgan fingerprint density at radius 2 is 1.67 bits per heavy atom. The van der Waals surface area contributed by atoms with Crippen molar-refractivity contribution in [3.63, 3.8) is 0 Å². The van der Waals surface area contributed by atoms with Crippen LogP contribution in [0.25, 0.3) is 22.4 Å². The predicted octanol–water partition coefficient (Wildman–Crippen LogP) is 4.71. The van der Waals surface area contributed by atoms with E-state index in [1.165, 1.54) is 4.68 Å². The number of alkyl halides is 2.